The van der Waals surface area contributed by atoms with Crippen LogP contribution in [0, 0.1) is 17.6 Å². The highest BCUT2D eigenvalue weighted by molar-refractivity contribution is 7.71. The maximum atomic E-state index is 11.5. The van der Waals surface area contributed by atoms with Crippen LogP contribution in [0.25, 0.3) is 0 Å². The molecule has 13 heavy (non-hydrogen) atoms. The van der Waals surface area contributed by atoms with Crippen LogP contribution in [0.15, 0.2) is 4.79 Å². The van der Waals surface area contributed by atoms with Gasteiger partial charge in [-0.1, -0.05) is 0 Å². The molecule has 2 N–H and O–H groups in total. The average molecular weight is 196 g/mol. The minimum Gasteiger partial charge on any atom is -0.336 e. The highest BCUT2D eigenvalue weighted by atomic mass is 32.1. The number of hydrogen-bond donors (Lipinski definition) is 2. The number of rotatable bonds is 2. The van der Waals surface area contributed by atoms with Gasteiger partial charge in [0.15, 0.2) is 4.77 Å². The summed E-state index contributed by atoms with van der Waals surface area (Å²) >= 11 is 4.86. The molecule has 0 bridgehead atoms. The second kappa shape index (κ2) is 3.10. The summed E-state index contributed by atoms with van der Waals surface area (Å²) in [4.78, 5) is 17.1. The molecule has 0 atom stereocenters. The maximum Gasteiger partial charge on any atom is 0.255 e. The summed E-state index contributed by atoms with van der Waals surface area (Å²) < 4.78 is 0.419. The monoisotopic (exact) mass is 196 g/mol. The van der Waals surface area contributed by atoms with E-state index < -0.39 is 0 Å². The van der Waals surface area contributed by atoms with Crippen molar-refractivity contribution in [3.8, 4) is 0 Å². The molecule has 4 heteroatoms. The van der Waals surface area contributed by atoms with Crippen LogP contribution in [0.5, 0.6) is 0 Å². The summed E-state index contributed by atoms with van der Waals surface area (Å²) in [5.41, 5.74) is 1.77. The molecular formula is C9H12N2OS. The van der Waals surface area contributed by atoms with E-state index in [0.717, 1.165) is 23.6 Å². The van der Waals surface area contributed by atoms with E-state index in [-0.39, 0.29) is 5.56 Å². The molecule has 0 saturated heterocycles. The quantitative estimate of drug-likeness (QED) is 0.707. The molecule has 1 aliphatic carbocycles. The van der Waals surface area contributed by atoms with Crippen LogP contribution in [-0.2, 0) is 6.42 Å². The normalized spacial score (nSPS) is 16.1. The Balaban J connectivity index is 2.42. The summed E-state index contributed by atoms with van der Waals surface area (Å²) in [6, 6.07) is 0. The first-order valence-electron chi connectivity index (χ1n) is 4.49. The van der Waals surface area contributed by atoms with Crippen molar-refractivity contribution >= 4 is 12.2 Å². The number of aromatic nitrogens is 2. The predicted octanol–water partition coefficient (Wildman–Crippen LogP) is 1.69. The fourth-order valence-corrected chi connectivity index (χ4v) is 1.73. The van der Waals surface area contributed by atoms with Gasteiger partial charge in [0.05, 0.1) is 0 Å². The van der Waals surface area contributed by atoms with E-state index in [1.54, 1.807) is 0 Å². The molecule has 0 aromatic carbocycles. The van der Waals surface area contributed by atoms with Crippen molar-refractivity contribution in [2.75, 3.05) is 0 Å². The maximum absolute atomic E-state index is 11.5. The molecule has 0 amide bonds. The lowest BCUT2D eigenvalue weighted by atomic mass is 10.1. The van der Waals surface area contributed by atoms with E-state index in [1.807, 2.05) is 6.92 Å². The number of nitrogens with one attached hydrogen (secondary N) is 2. The van der Waals surface area contributed by atoms with Crippen LogP contribution in [0.1, 0.15) is 24.1 Å². The zero-order valence-corrected chi connectivity index (χ0v) is 8.33. The predicted molar refractivity (Wildman–Crippen MR) is 53.4 cm³/mol. The molecule has 0 spiro atoms. The minimum absolute atomic E-state index is 0.0202. The molecule has 2 rings (SSSR count). The number of aryl methyl sites for hydroxylation is 1. The first-order chi connectivity index (χ1) is 6.16. The van der Waals surface area contributed by atoms with E-state index in [0.29, 0.717) is 4.77 Å². The fraction of sp³-hybridized carbons (Fsp3) is 0.556. The molecule has 1 aromatic rings. The molecule has 0 radical (unpaired) electrons. The summed E-state index contributed by atoms with van der Waals surface area (Å²) in [6.07, 6.45) is 3.41. The van der Waals surface area contributed by atoms with Crippen LogP contribution in [0.3, 0.4) is 0 Å². The second-order valence-corrected chi connectivity index (χ2v) is 4.07. The van der Waals surface area contributed by atoms with Gasteiger partial charge in [-0.15, -0.1) is 0 Å². The van der Waals surface area contributed by atoms with E-state index in [2.05, 4.69) is 9.97 Å². The van der Waals surface area contributed by atoms with Crippen LogP contribution < -0.4 is 5.56 Å². The van der Waals surface area contributed by atoms with Crippen LogP contribution in [-0.4, -0.2) is 9.97 Å². The Morgan fingerprint density at radius 3 is 2.69 bits per heavy atom. The summed E-state index contributed by atoms with van der Waals surface area (Å²) in [5, 5.41) is 0. The van der Waals surface area contributed by atoms with Crippen molar-refractivity contribution in [1.82, 2.24) is 9.97 Å². The van der Waals surface area contributed by atoms with Gasteiger partial charge in [0.25, 0.3) is 5.56 Å². The third kappa shape index (κ3) is 1.88. The largest absolute Gasteiger partial charge is 0.336 e. The van der Waals surface area contributed by atoms with Gasteiger partial charge in [0, 0.05) is 11.3 Å². The summed E-state index contributed by atoms with van der Waals surface area (Å²) in [7, 11) is 0. The van der Waals surface area contributed by atoms with E-state index in [9.17, 15) is 4.79 Å². The average Bonchev–Trinajstić information content (AvgIpc) is 2.79. The second-order valence-electron chi connectivity index (χ2n) is 3.66. The highest BCUT2D eigenvalue weighted by Crippen LogP contribution is 2.32. The Hall–Kier alpha value is -0.900. The smallest absolute Gasteiger partial charge is 0.255 e. The lowest BCUT2D eigenvalue weighted by Gasteiger charge is -2.02. The lowest BCUT2D eigenvalue weighted by Crippen LogP contribution is -2.16. The lowest BCUT2D eigenvalue weighted by molar-refractivity contribution is 0.795. The fourth-order valence-electron chi connectivity index (χ4n) is 1.48. The van der Waals surface area contributed by atoms with Gasteiger partial charge in [0.2, 0.25) is 0 Å². The number of H-pyrrole nitrogens is 2. The minimum atomic E-state index is -0.0202. The Bertz CT molecular complexity index is 428. The van der Waals surface area contributed by atoms with Crippen molar-refractivity contribution in [3.63, 3.8) is 0 Å². The third-order valence-electron chi connectivity index (χ3n) is 2.44. The molecule has 1 fully saturated rings. The van der Waals surface area contributed by atoms with E-state index in [1.165, 1.54) is 12.8 Å². The van der Waals surface area contributed by atoms with Crippen LogP contribution in [0.4, 0.5) is 0 Å². The molecule has 1 heterocycles. The zero-order valence-electron chi connectivity index (χ0n) is 7.52. The Labute approximate surface area is 81.2 Å². The van der Waals surface area contributed by atoms with Crippen LogP contribution >= 0.6 is 12.2 Å². The van der Waals surface area contributed by atoms with Crippen LogP contribution in [0.2, 0.25) is 0 Å². The zero-order chi connectivity index (χ0) is 9.42. The Kier molecular flexibility index (Phi) is 2.07. The summed E-state index contributed by atoms with van der Waals surface area (Å²) in [6.45, 7) is 1.91. The molecule has 1 saturated carbocycles. The van der Waals surface area contributed by atoms with E-state index in [4.69, 9.17) is 12.2 Å². The standard InChI is InChI=1S/C9H12N2OS/c1-5-7(4-6-2-3-6)8(12)11-9(13)10-5/h6H,2-4H2,1H3,(H2,10,11,12,13). The Morgan fingerprint density at radius 1 is 1.46 bits per heavy atom. The summed E-state index contributed by atoms with van der Waals surface area (Å²) in [5.74, 6) is 0.726. The van der Waals surface area contributed by atoms with Crippen molar-refractivity contribution in [1.29, 1.82) is 0 Å². The molecule has 1 aliphatic rings. The first-order valence-corrected chi connectivity index (χ1v) is 4.89. The topological polar surface area (TPSA) is 48.6 Å². The molecule has 0 aliphatic heterocycles. The molecular weight excluding hydrogens is 184 g/mol. The van der Waals surface area contributed by atoms with E-state index >= 15 is 0 Å². The highest BCUT2D eigenvalue weighted by Gasteiger charge is 2.23. The van der Waals surface area contributed by atoms with Gasteiger partial charge in [-0.3, -0.25) is 9.78 Å². The number of hydrogen-bond acceptors (Lipinski definition) is 2. The molecule has 70 valence electrons. The van der Waals surface area contributed by atoms with Gasteiger partial charge in [0.1, 0.15) is 0 Å². The molecule has 3 nitrogen and oxygen atoms in total. The van der Waals surface area contributed by atoms with Gasteiger partial charge < -0.3 is 4.98 Å². The number of aromatic amines is 2. The van der Waals surface area contributed by atoms with Crippen molar-refractivity contribution < 1.29 is 0 Å². The van der Waals surface area contributed by atoms with Gasteiger partial charge in [-0.2, -0.15) is 0 Å². The first kappa shape index (κ1) is 8.69. The Morgan fingerprint density at radius 2 is 2.15 bits per heavy atom. The van der Waals surface area contributed by atoms with Gasteiger partial charge >= 0.3 is 0 Å². The van der Waals surface area contributed by atoms with Crippen molar-refractivity contribution in [3.05, 3.63) is 26.4 Å². The molecule has 1 aromatic heterocycles. The van der Waals surface area contributed by atoms with Crippen molar-refractivity contribution in [2.45, 2.75) is 26.2 Å². The SMILES string of the molecule is Cc1[nH]c(=S)[nH]c(=O)c1CC1CC1. The third-order valence-corrected chi connectivity index (χ3v) is 2.65. The van der Waals surface area contributed by atoms with Crippen molar-refractivity contribution in [2.24, 2.45) is 5.92 Å². The van der Waals surface area contributed by atoms with Gasteiger partial charge in [-0.25, -0.2) is 0 Å². The van der Waals surface area contributed by atoms with Gasteiger partial charge in [-0.05, 0) is 44.3 Å². The molecule has 0 unspecified atom stereocenters.